The van der Waals surface area contributed by atoms with Gasteiger partial charge in [0.15, 0.2) is 5.78 Å². The quantitative estimate of drug-likeness (QED) is 0.606. The van der Waals surface area contributed by atoms with Crippen LogP contribution in [0.4, 0.5) is 0 Å². The van der Waals surface area contributed by atoms with Crippen molar-refractivity contribution in [2.24, 2.45) is 5.73 Å². The van der Waals surface area contributed by atoms with E-state index in [4.69, 9.17) is 10.5 Å². The van der Waals surface area contributed by atoms with E-state index in [2.05, 4.69) is 0 Å². The molecule has 1 unspecified atom stereocenters. The summed E-state index contributed by atoms with van der Waals surface area (Å²) in [5, 5.41) is 0. The van der Waals surface area contributed by atoms with Gasteiger partial charge in [0.2, 0.25) is 0 Å². The second-order valence-electron chi connectivity index (χ2n) is 2.09. The summed E-state index contributed by atoms with van der Waals surface area (Å²) >= 11 is 0. The molecule has 0 spiro atoms. The van der Waals surface area contributed by atoms with Crippen molar-refractivity contribution in [3.05, 3.63) is 0 Å². The molecule has 0 saturated carbocycles. The van der Waals surface area contributed by atoms with E-state index in [1.165, 1.54) is 0 Å². The molecule has 10 heavy (non-hydrogen) atoms. The number of carbonyl (C=O) groups excluding carboxylic acids is 1. The summed E-state index contributed by atoms with van der Waals surface area (Å²) in [5.74, 6) is 0.0634. The van der Waals surface area contributed by atoms with E-state index in [9.17, 15) is 4.79 Å². The number of hydrogen-bond donors (Lipinski definition) is 1. The van der Waals surface area contributed by atoms with Crippen LogP contribution in [0, 0.1) is 0 Å². The first-order valence-electron chi connectivity index (χ1n) is 3.58. The molecule has 0 aromatic heterocycles. The third-order valence-electron chi connectivity index (χ3n) is 1.26. The molecule has 0 rings (SSSR count). The van der Waals surface area contributed by atoms with Gasteiger partial charge in [0, 0.05) is 13.0 Å². The molecule has 0 saturated heterocycles. The zero-order chi connectivity index (χ0) is 7.98. The Kier molecular flexibility index (Phi) is 5.16. The molecule has 1 atom stereocenters. The molecule has 0 aromatic carbocycles. The predicted octanol–water partition coefficient (Wildman–Crippen LogP) is 0.329. The van der Waals surface area contributed by atoms with E-state index in [-0.39, 0.29) is 5.78 Å². The second kappa shape index (κ2) is 5.38. The van der Waals surface area contributed by atoms with Crippen LogP contribution in [0.2, 0.25) is 0 Å². The maximum atomic E-state index is 10.8. The first-order valence-corrected chi connectivity index (χ1v) is 3.58. The summed E-state index contributed by atoms with van der Waals surface area (Å²) in [4.78, 5) is 10.8. The van der Waals surface area contributed by atoms with Crippen LogP contribution in [0.15, 0.2) is 0 Å². The van der Waals surface area contributed by atoms with Crippen LogP contribution in [-0.2, 0) is 9.53 Å². The Hall–Kier alpha value is -0.410. The molecule has 60 valence electrons. The maximum Gasteiger partial charge on any atom is 0.151 e. The van der Waals surface area contributed by atoms with Crippen molar-refractivity contribution in [3.63, 3.8) is 0 Å². The van der Waals surface area contributed by atoms with Crippen LogP contribution in [0.5, 0.6) is 0 Å². The Bertz CT molecular complexity index is 104. The molecular weight excluding hydrogens is 130 g/mol. The number of rotatable bonds is 5. The summed E-state index contributed by atoms with van der Waals surface area (Å²) < 4.78 is 4.97. The topological polar surface area (TPSA) is 52.3 Å². The molecule has 0 bridgehead atoms. The SMILES string of the molecule is CCOCC(N)C(=O)CC. The van der Waals surface area contributed by atoms with Crippen molar-refractivity contribution >= 4 is 5.78 Å². The highest BCUT2D eigenvalue weighted by Gasteiger charge is 2.09. The summed E-state index contributed by atoms with van der Waals surface area (Å²) in [6, 6.07) is -0.426. The fourth-order valence-corrected chi connectivity index (χ4v) is 0.600. The lowest BCUT2D eigenvalue weighted by molar-refractivity contribution is -0.121. The lowest BCUT2D eigenvalue weighted by atomic mass is 10.2. The van der Waals surface area contributed by atoms with Crippen LogP contribution < -0.4 is 5.73 Å². The lowest BCUT2D eigenvalue weighted by Gasteiger charge is -2.07. The molecule has 0 aliphatic rings. The molecule has 3 nitrogen and oxygen atoms in total. The number of ketones is 1. The summed E-state index contributed by atoms with van der Waals surface area (Å²) in [6.07, 6.45) is 0.494. The molecule has 0 heterocycles. The third-order valence-corrected chi connectivity index (χ3v) is 1.26. The van der Waals surface area contributed by atoms with Gasteiger partial charge in [-0.05, 0) is 6.92 Å². The highest BCUT2D eigenvalue weighted by atomic mass is 16.5. The molecular formula is C7H15NO2. The van der Waals surface area contributed by atoms with Crippen LogP contribution in [-0.4, -0.2) is 25.0 Å². The molecule has 0 amide bonds. The van der Waals surface area contributed by atoms with Gasteiger partial charge in [-0.2, -0.15) is 0 Å². The van der Waals surface area contributed by atoms with Crippen molar-refractivity contribution in [1.29, 1.82) is 0 Å². The Balaban J connectivity index is 3.41. The monoisotopic (exact) mass is 145 g/mol. The van der Waals surface area contributed by atoms with E-state index >= 15 is 0 Å². The van der Waals surface area contributed by atoms with Gasteiger partial charge in [0.1, 0.15) is 0 Å². The molecule has 0 aliphatic carbocycles. The smallest absolute Gasteiger partial charge is 0.151 e. The maximum absolute atomic E-state index is 10.8. The minimum atomic E-state index is -0.426. The van der Waals surface area contributed by atoms with Gasteiger partial charge in [0.25, 0.3) is 0 Å². The van der Waals surface area contributed by atoms with Crippen molar-refractivity contribution < 1.29 is 9.53 Å². The van der Waals surface area contributed by atoms with Gasteiger partial charge in [-0.3, -0.25) is 4.79 Å². The minimum absolute atomic E-state index is 0.0634. The highest BCUT2D eigenvalue weighted by Crippen LogP contribution is 1.88. The first-order chi connectivity index (χ1) is 4.72. The van der Waals surface area contributed by atoms with Gasteiger partial charge in [-0.1, -0.05) is 6.92 Å². The predicted molar refractivity (Wildman–Crippen MR) is 39.8 cm³/mol. The Morgan fingerprint density at radius 1 is 1.60 bits per heavy atom. The van der Waals surface area contributed by atoms with Gasteiger partial charge in [0.05, 0.1) is 12.6 Å². The first kappa shape index (κ1) is 9.59. The van der Waals surface area contributed by atoms with E-state index in [1.54, 1.807) is 6.92 Å². The minimum Gasteiger partial charge on any atom is -0.380 e. The van der Waals surface area contributed by atoms with E-state index in [0.29, 0.717) is 19.6 Å². The third kappa shape index (κ3) is 3.58. The number of ether oxygens (including phenoxy) is 1. The Labute approximate surface area is 61.5 Å². The fourth-order valence-electron chi connectivity index (χ4n) is 0.600. The van der Waals surface area contributed by atoms with Gasteiger partial charge < -0.3 is 10.5 Å². The molecule has 0 radical (unpaired) electrons. The van der Waals surface area contributed by atoms with Gasteiger partial charge >= 0.3 is 0 Å². The summed E-state index contributed by atoms with van der Waals surface area (Å²) in [5.41, 5.74) is 5.44. The highest BCUT2D eigenvalue weighted by molar-refractivity contribution is 5.83. The largest absolute Gasteiger partial charge is 0.380 e. The second-order valence-corrected chi connectivity index (χ2v) is 2.09. The number of Topliss-reactive ketones (excluding diaryl/α,β-unsaturated/α-hetero) is 1. The molecule has 0 aromatic rings. The number of hydrogen-bond acceptors (Lipinski definition) is 3. The van der Waals surface area contributed by atoms with Gasteiger partial charge in [-0.25, -0.2) is 0 Å². The number of nitrogens with two attached hydrogens (primary N) is 1. The fraction of sp³-hybridized carbons (Fsp3) is 0.857. The normalized spacial score (nSPS) is 13.1. The summed E-state index contributed by atoms with van der Waals surface area (Å²) in [7, 11) is 0. The van der Waals surface area contributed by atoms with E-state index in [1.807, 2.05) is 6.92 Å². The standard InChI is InChI=1S/C7H15NO2/c1-3-7(9)6(8)5-10-4-2/h6H,3-5,8H2,1-2H3. The van der Waals surface area contributed by atoms with Crippen molar-refractivity contribution in [2.75, 3.05) is 13.2 Å². The Morgan fingerprint density at radius 2 is 2.20 bits per heavy atom. The average Bonchev–Trinajstić information content (AvgIpc) is 1.98. The van der Waals surface area contributed by atoms with Crippen molar-refractivity contribution in [3.8, 4) is 0 Å². The number of carbonyl (C=O) groups is 1. The van der Waals surface area contributed by atoms with Crippen LogP contribution in [0.3, 0.4) is 0 Å². The molecule has 0 fully saturated rings. The average molecular weight is 145 g/mol. The zero-order valence-electron chi connectivity index (χ0n) is 6.59. The summed E-state index contributed by atoms with van der Waals surface area (Å²) in [6.45, 7) is 4.64. The lowest BCUT2D eigenvalue weighted by Crippen LogP contribution is -2.34. The van der Waals surface area contributed by atoms with E-state index in [0.717, 1.165) is 0 Å². The van der Waals surface area contributed by atoms with Gasteiger partial charge in [-0.15, -0.1) is 0 Å². The zero-order valence-corrected chi connectivity index (χ0v) is 6.59. The van der Waals surface area contributed by atoms with E-state index < -0.39 is 6.04 Å². The van der Waals surface area contributed by atoms with Crippen LogP contribution in [0.25, 0.3) is 0 Å². The van der Waals surface area contributed by atoms with Crippen molar-refractivity contribution in [1.82, 2.24) is 0 Å². The molecule has 0 aliphatic heterocycles. The molecule has 3 heteroatoms. The van der Waals surface area contributed by atoms with Crippen LogP contribution >= 0.6 is 0 Å². The molecule has 2 N–H and O–H groups in total. The van der Waals surface area contributed by atoms with Crippen LogP contribution in [0.1, 0.15) is 20.3 Å². The Morgan fingerprint density at radius 3 is 2.60 bits per heavy atom. The van der Waals surface area contributed by atoms with Crippen molar-refractivity contribution in [2.45, 2.75) is 26.3 Å².